The molecular weight excluding hydrogens is 405 g/mol. The van der Waals surface area contributed by atoms with Gasteiger partial charge >= 0.3 is 0 Å². The zero-order valence-electron chi connectivity index (χ0n) is 13.4. The minimum atomic E-state index is -3.72. The van der Waals surface area contributed by atoms with Gasteiger partial charge in [-0.2, -0.15) is 4.31 Å². The molecule has 1 unspecified atom stereocenters. The second kappa shape index (κ2) is 8.20. The minimum Gasteiger partial charge on any atom is -0.313 e. The van der Waals surface area contributed by atoms with Gasteiger partial charge in [-0.25, -0.2) is 8.42 Å². The van der Waals surface area contributed by atoms with E-state index in [-0.39, 0.29) is 23.3 Å². The molecule has 1 aliphatic rings. The Labute approximate surface area is 163 Å². The highest BCUT2D eigenvalue weighted by Gasteiger charge is 2.35. The van der Waals surface area contributed by atoms with E-state index in [0.717, 1.165) is 5.56 Å². The van der Waals surface area contributed by atoms with Crippen molar-refractivity contribution in [3.05, 3.63) is 57.8 Å². The second-order valence-corrected chi connectivity index (χ2v) is 8.34. The van der Waals surface area contributed by atoms with Crippen LogP contribution >= 0.6 is 35.6 Å². The average molecular weight is 423 g/mol. The molecule has 0 bridgehead atoms. The second-order valence-electron chi connectivity index (χ2n) is 5.63. The van der Waals surface area contributed by atoms with Gasteiger partial charge in [0, 0.05) is 42.1 Å². The summed E-state index contributed by atoms with van der Waals surface area (Å²) in [5, 5.41) is 3.92. The summed E-state index contributed by atoms with van der Waals surface area (Å²) in [6.07, 6.45) is 3.35. The number of sulfonamides is 1. The summed E-state index contributed by atoms with van der Waals surface area (Å²) in [6, 6.07) is 6.27. The van der Waals surface area contributed by atoms with Gasteiger partial charge in [0.05, 0.1) is 10.9 Å². The van der Waals surface area contributed by atoms with Crippen molar-refractivity contribution in [2.24, 2.45) is 0 Å². The summed E-state index contributed by atoms with van der Waals surface area (Å²) in [5.41, 5.74) is 1.51. The van der Waals surface area contributed by atoms with Crippen molar-refractivity contribution in [3.8, 4) is 0 Å². The molecule has 0 spiro atoms. The van der Waals surface area contributed by atoms with Crippen LogP contribution in [0.2, 0.25) is 10.0 Å². The van der Waals surface area contributed by atoms with Crippen LogP contribution in [0.3, 0.4) is 0 Å². The Hall–Kier alpha value is -0.890. The molecule has 5 nitrogen and oxygen atoms in total. The molecule has 0 radical (unpaired) electrons. The molecule has 1 N–H and O–H groups in total. The van der Waals surface area contributed by atoms with E-state index >= 15 is 0 Å². The van der Waals surface area contributed by atoms with Crippen LogP contribution in [0.25, 0.3) is 0 Å². The summed E-state index contributed by atoms with van der Waals surface area (Å²) in [4.78, 5) is 4.21. The van der Waals surface area contributed by atoms with Gasteiger partial charge < -0.3 is 5.32 Å². The van der Waals surface area contributed by atoms with Gasteiger partial charge in [-0.15, -0.1) is 12.4 Å². The SMILES string of the molecule is Cc1c(Cl)cc(S(=O)(=O)N2CCNCC2c2cccnc2)cc1Cl.Cl. The lowest BCUT2D eigenvalue weighted by molar-refractivity contribution is 0.271. The monoisotopic (exact) mass is 421 g/mol. The van der Waals surface area contributed by atoms with Crippen LogP contribution in [0.15, 0.2) is 41.6 Å². The number of pyridine rings is 1. The zero-order valence-corrected chi connectivity index (χ0v) is 16.6. The topological polar surface area (TPSA) is 62.3 Å². The molecule has 1 aromatic heterocycles. The lowest BCUT2D eigenvalue weighted by atomic mass is 10.1. The fourth-order valence-corrected chi connectivity index (χ4v) is 5.02. The quantitative estimate of drug-likeness (QED) is 0.823. The van der Waals surface area contributed by atoms with E-state index in [0.29, 0.717) is 35.2 Å². The predicted molar refractivity (Wildman–Crippen MR) is 102 cm³/mol. The first kappa shape index (κ1) is 20.4. The summed E-state index contributed by atoms with van der Waals surface area (Å²) in [6.45, 7) is 3.23. The van der Waals surface area contributed by atoms with Gasteiger partial charge in [-0.1, -0.05) is 29.3 Å². The Morgan fingerprint density at radius 2 is 1.96 bits per heavy atom. The summed E-state index contributed by atoms with van der Waals surface area (Å²) in [5.74, 6) is 0. The number of benzene rings is 1. The lowest BCUT2D eigenvalue weighted by Gasteiger charge is -2.35. The van der Waals surface area contributed by atoms with Gasteiger partial charge in [0.1, 0.15) is 0 Å². The van der Waals surface area contributed by atoms with Crippen molar-refractivity contribution >= 4 is 45.6 Å². The molecule has 1 aliphatic heterocycles. The molecule has 0 aliphatic carbocycles. The van der Waals surface area contributed by atoms with E-state index < -0.39 is 10.0 Å². The first-order valence-corrected chi connectivity index (χ1v) is 9.69. The van der Waals surface area contributed by atoms with Crippen LogP contribution in [0.4, 0.5) is 0 Å². The van der Waals surface area contributed by atoms with Crippen molar-refractivity contribution in [1.82, 2.24) is 14.6 Å². The number of piperazine rings is 1. The normalized spacial score (nSPS) is 18.6. The smallest absolute Gasteiger partial charge is 0.243 e. The fourth-order valence-electron chi connectivity index (χ4n) is 2.74. The lowest BCUT2D eigenvalue weighted by Crippen LogP contribution is -2.48. The molecular formula is C16H18Cl3N3O2S. The highest BCUT2D eigenvalue weighted by Crippen LogP contribution is 2.33. The van der Waals surface area contributed by atoms with Crippen molar-refractivity contribution in [3.63, 3.8) is 0 Å². The molecule has 136 valence electrons. The van der Waals surface area contributed by atoms with Gasteiger partial charge in [0.25, 0.3) is 0 Å². The molecule has 9 heteroatoms. The number of rotatable bonds is 3. The number of hydrogen-bond donors (Lipinski definition) is 1. The average Bonchev–Trinajstić information content (AvgIpc) is 2.60. The molecule has 25 heavy (non-hydrogen) atoms. The Morgan fingerprint density at radius 3 is 2.56 bits per heavy atom. The third-order valence-electron chi connectivity index (χ3n) is 4.12. The highest BCUT2D eigenvalue weighted by molar-refractivity contribution is 7.89. The zero-order chi connectivity index (χ0) is 17.3. The maximum Gasteiger partial charge on any atom is 0.243 e. The molecule has 2 heterocycles. The van der Waals surface area contributed by atoms with E-state index in [1.807, 2.05) is 6.07 Å². The first-order valence-electron chi connectivity index (χ1n) is 7.49. The molecule has 1 aromatic carbocycles. The van der Waals surface area contributed by atoms with Gasteiger partial charge in [0.2, 0.25) is 10.0 Å². The van der Waals surface area contributed by atoms with E-state index in [1.165, 1.54) is 16.4 Å². The van der Waals surface area contributed by atoms with E-state index in [9.17, 15) is 8.42 Å². The minimum absolute atomic E-state index is 0. The fraction of sp³-hybridized carbons (Fsp3) is 0.312. The maximum atomic E-state index is 13.1. The number of nitrogens with one attached hydrogen (secondary N) is 1. The largest absolute Gasteiger partial charge is 0.313 e. The molecule has 1 saturated heterocycles. The number of halogens is 3. The van der Waals surface area contributed by atoms with Crippen molar-refractivity contribution < 1.29 is 8.42 Å². The van der Waals surface area contributed by atoms with Crippen LogP contribution in [-0.4, -0.2) is 37.3 Å². The third kappa shape index (κ3) is 4.10. The van der Waals surface area contributed by atoms with E-state index in [4.69, 9.17) is 23.2 Å². The summed E-state index contributed by atoms with van der Waals surface area (Å²) >= 11 is 12.3. The number of aromatic nitrogens is 1. The molecule has 1 atom stereocenters. The molecule has 0 saturated carbocycles. The molecule has 3 rings (SSSR count). The number of hydrogen-bond acceptors (Lipinski definition) is 4. The van der Waals surface area contributed by atoms with Gasteiger partial charge in [-0.05, 0) is 36.2 Å². The van der Waals surface area contributed by atoms with Crippen LogP contribution in [-0.2, 0) is 10.0 Å². The summed E-state index contributed by atoms with van der Waals surface area (Å²) < 4.78 is 27.8. The Balaban J connectivity index is 0.00000225. The summed E-state index contributed by atoms with van der Waals surface area (Å²) in [7, 11) is -3.72. The van der Waals surface area contributed by atoms with Crippen LogP contribution < -0.4 is 5.32 Å². The van der Waals surface area contributed by atoms with Gasteiger partial charge in [0.15, 0.2) is 0 Å². The molecule has 0 amide bonds. The van der Waals surface area contributed by atoms with Crippen LogP contribution in [0.1, 0.15) is 17.2 Å². The molecule has 2 aromatic rings. The highest BCUT2D eigenvalue weighted by atomic mass is 35.5. The van der Waals surface area contributed by atoms with Gasteiger partial charge in [-0.3, -0.25) is 4.98 Å². The Bertz CT molecular complexity index is 824. The maximum absolute atomic E-state index is 13.1. The standard InChI is InChI=1S/C16H17Cl2N3O2S.ClH/c1-11-14(17)7-13(8-15(11)18)24(22,23)21-6-5-20-10-16(21)12-3-2-4-19-9-12;/h2-4,7-9,16,20H,5-6,10H2,1H3;1H. The van der Waals surface area contributed by atoms with Crippen molar-refractivity contribution in [1.29, 1.82) is 0 Å². The van der Waals surface area contributed by atoms with Crippen LogP contribution in [0, 0.1) is 6.92 Å². The van der Waals surface area contributed by atoms with E-state index in [1.54, 1.807) is 25.4 Å². The Morgan fingerprint density at radius 1 is 1.28 bits per heavy atom. The predicted octanol–water partition coefficient (Wildman–Crippen LogP) is 3.45. The van der Waals surface area contributed by atoms with Crippen molar-refractivity contribution in [2.75, 3.05) is 19.6 Å². The van der Waals surface area contributed by atoms with Crippen LogP contribution in [0.5, 0.6) is 0 Å². The van der Waals surface area contributed by atoms with Crippen molar-refractivity contribution in [2.45, 2.75) is 17.9 Å². The molecule has 1 fully saturated rings. The first-order chi connectivity index (χ1) is 11.4. The third-order valence-corrected chi connectivity index (χ3v) is 6.80. The van der Waals surface area contributed by atoms with E-state index in [2.05, 4.69) is 10.3 Å². The number of nitrogens with zero attached hydrogens (tertiary/aromatic N) is 2. The Kier molecular flexibility index (Phi) is 6.70.